The van der Waals surface area contributed by atoms with Gasteiger partial charge in [-0.3, -0.25) is 14.8 Å². The van der Waals surface area contributed by atoms with Gasteiger partial charge in [0.1, 0.15) is 5.56 Å². The van der Waals surface area contributed by atoms with Crippen molar-refractivity contribution in [3.63, 3.8) is 0 Å². The maximum Gasteiger partial charge on any atom is 0.335 e. The lowest BCUT2D eigenvalue weighted by Gasteiger charge is -2.11. The van der Waals surface area contributed by atoms with E-state index < -0.39 is 17.1 Å². The minimum Gasteiger partial charge on any atom is -0.493 e. The summed E-state index contributed by atoms with van der Waals surface area (Å²) in [7, 11) is 0. The van der Waals surface area contributed by atoms with Crippen LogP contribution in [0, 0.1) is 13.8 Å². The number of para-hydroxylation sites is 1. The molecule has 0 saturated heterocycles. The van der Waals surface area contributed by atoms with Gasteiger partial charge in [-0.2, -0.15) is 0 Å². The fraction of sp³-hybridized carbons (Fsp3) is 0.105. The molecule has 0 saturated carbocycles. The highest BCUT2D eigenvalue weighted by atomic mass is 79.9. The Bertz CT molecular complexity index is 1180. The number of aliphatic imine (C=N–C) groups is 1. The van der Waals surface area contributed by atoms with Gasteiger partial charge in [-0.15, -0.1) is 0 Å². The molecule has 0 bridgehead atoms. The fourth-order valence-electron chi connectivity index (χ4n) is 2.56. The van der Waals surface area contributed by atoms with Crippen LogP contribution in [0.25, 0.3) is 5.69 Å². The normalized spacial score (nSPS) is 11.3. The molecule has 3 rings (SSSR count). The van der Waals surface area contributed by atoms with Crippen LogP contribution in [-0.4, -0.2) is 20.9 Å². The Morgan fingerprint density at radius 3 is 2.56 bits per heavy atom. The molecule has 0 spiro atoms. The van der Waals surface area contributed by atoms with E-state index in [1.165, 1.54) is 6.21 Å². The SMILES string of the molecule is Cc1c(Br)ccc(N=Cc2c(O)n(-c3ccccc3Cl)c(=O)[nH]c2=O)c1C. The zero-order valence-electron chi connectivity index (χ0n) is 14.5. The molecule has 0 amide bonds. The van der Waals surface area contributed by atoms with Gasteiger partial charge in [0.2, 0.25) is 5.88 Å². The minimum absolute atomic E-state index is 0.144. The Kier molecular flexibility index (Phi) is 5.34. The predicted molar refractivity (Wildman–Crippen MR) is 110 cm³/mol. The van der Waals surface area contributed by atoms with Crippen LogP contribution >= 0.6 is 27.5 Å². The van der Waals surface area contributed by atoms with Gasteiger partial charge < -0.3 is 5.11 Å². The molecule has 6 nitrogen and oxygen atoms in total. The van der Waals surface area contributed by atoms with E-state index in [0.29, 0.717) is 5.69 Å². The van der Waals surface area contributed by atoms with Gasteiger partial charge in [-0.05, 0) is 49.2 Å². The van der Waals surface area contributed by atoms with Crippen LogP contribution in [0.4, 0.5) is 5.69 Å². The number of aromatic amines is 1. The summed E-state index contributed by atoms with van der Waals surface area (Å²) in [6, 6.07) is 10.1. The van der Waals surface area contributed by atoms with E-state index in [4.69, 9.17) is 11.6 Å². The Morgan fingerprint density at radius 2 is 1.85 bits per heavy atom. The number of aromatic nitrogens is 2. The molecule has 2 aromatic carbocycles. The second-order valence-corrected chi connectivity index (χ2v) is 7.12. The lowest BCUT2D eigenvalue weighted by atomic mass is 10.1. The van der Waals surface area contributed by atoms with Crippen molar-refractivity contribution >= 4 is 39.4 Å². The zero-order chi connectivity index (χ0) is 19.7. The summed E-state index contributed by atoms with van der Waals surface area (Å²) in [5, 5.41) is 10.8. The lowest BCUT2D eigenvalue weighted by molar-refractivity contribution is 0.430. The quantitative estimate of drug-likeness (QED) is 0.593. The molecular formula is C19H15BrClN3O3. The number of rotatable bonds is 3. The maximum absolute atomic E-state index is 12.2. The molecule has 0 aliphatic rings. The van der Waals surface area contributed by atoms with Crippen molar-refractivity contribution in [2.24, 2.45) is 4.99 Å². The summed E-state index contributed by atoms with van der Waals surface area (Å²) in [6.45, 7) is 3.85. The molecule has 0 radical (unpaired) electrons. The summed E-state index contributed by atoms with van der Waals surface area (Å²) in [6.07, 6.45) is 1.23. The molecule has 2 N–H and O–H groups in total. The summed E-state index contributed by atoms with van der Waals surface area (Å²) < 4.78 is 1.89. The van der Waals surface area contributed by atoms with E-state index in [2.05, 4.69) is 25.9 Å². The van der Waals surface area contributed by atoms with Gasteiger partial charge >= 0.3 is 5.69 Å². The number of halogens is 2. The van der Waals surface area contributed by atoms with Gasteiger partial charge in [0.05, 0.1) is 16.4 Å². The number of nitrogens with zero attached hydrogens (tertiary/aromatic N) is 2. The average Bonchev–Trinajstić information content (AvgIpc) is 2.62. The van der Waals surface area contributed by atoms with Crippen molar-refractivity contribution < 1.29 is 5.11 Å². The molecule has 1 heterocycles. The second-order valence-electron chi connectivity index (χ2n) is 5.86. The molecule has 3 aromatic rings. The van der Waals surface area contributed by atoms with Crippen molar-refractivity contribution in [1.82, 2.24) is 9.55 Å². The van der Waals surface area contributed by atoms with E-state index in [9.17, 15) is 14.7 Å². The van der Waals surface area contributed by atoms with E-state index in [1.54, 1.807) is 30.3 Å². The minimum atomic E-state index is -0.793. The summed E-state index contributed by atoms with van der Waals surface area (Å²) in [5.41, 5.74) is 1.16. The highest BCUT2D eigenvalue weighted by Gasteiger charge is 2.16. The van der Waals surface area contributed by atoms with Gasteiger partial charge in [-0.1, -0.05) is 39.7 Å². The third-order valence-electron chi connectivity index (χ3n) is 4.24. The predicted octanol–water partition coefficient (Wildman–Crippen LogP) is 4.01. The van der Waals surface area contributed by atoms with Gasteiger partial charge in [-0.25, -0.2) is 9.36 Å². The number of hydrogen-bond donors (Lipinski definition) is 2. The lowest BCUT2D eigenvalue weighted by Crippen LogP contribution is -2.31. The Balaban J connectivity index is 2.17. The smallest absolute Gasteiger partial charge is 0.335 e. The Labute approximate surface area is 167 Å². The van der Waals surface area contributed by atoms with E-state index in [0.717, 1.165) is 20.2 Å². The third kappa shape index (κ3) is 3.61. The molecule has 0 aliphatic carbocycles. The molecule has 0 fully saturated rings. The number of benzene rings is 2. The molecule has 0 aliphatic heterocycles. The standard InChI is InChI=1S/C19H15BrClN3O3/c1-10-11(2)15(8-7-13(10)20)22-9-12-17(25)23-19(27)24(18(12)26)16-6-4-3-5-14(16)21/h3-9,26H,1-2H3,(H,23,25,27). The molecular weight excluding hydrogens is 434 g/mol. The van der Waals surface area contributed by atoms with E-state index in [-0.39, 0.29) is 16.3 Å². The van der Waals surface area contributed by atoms with Crippen molar-refractivity contribution in [3.8, 4) is 11.6 Å². The number of nitrogens with one attached hydrogen (secondary N) is 1. The van der Waals surface area contributed by atoms with Crippen molar-refractivity contribution in [2.45, 2.75) is 13.8 Å². The summed E-state index contributed by atoms with van der Waals surface area (Å²) in [5.74, 6) is -0.535. The van der Waals surface area contributed by atoms with Crippen LogP contribution < -0.4 is 11.2 Å². The second kappa shape index (κ2) is 7.54. The number of aromatic hydroxyl groups is 1. The van der Waals surface area contributed by atoms with Crippen LogP contribution in [0.3, 0.4) is 0 Å². The molecule has 0 atom stereocenters. The van der Waals surface area contributed by atoms with Crippen LogP contribution in [0.1, 0.15) is 16.7 Å². The van der Waals surface area contributed by atoms with Crippen LogP contribution in [0.2, 0.25) is 5.02 Å². The number of H-pyrrole nitrogens is 1. The van der Waals surface area contributed by atoms with Crippen molar-refractivity contribution in [1.29, 1.82) is 0 Å². The number of hydrogen-bond acceptors (Lipinski definition) is 4. The van der Waals surface area contributed by atoms with E-state index in [1.807, 2.05) is 19.9 Å². The third-order valence-corrected chi connectivity index (χ3v) is 5.42. The first-order valence-electron chi connectivity index (χ1n) is 7.94. The zero-order valence-corrected chi connectivity index (χ0v) is 16.8. The van der Waals surface area contributed by atoms with Crippen molar-refractivity contribution in [2.75, 3.05) is 0 Å². The topological polar surface area (TPSA) is 87.4 Å². The maximum atomic E-state index is 12.2. The van der Waals surface area contributed by atoms with E-state index >= 15 is 0 Å². The van der Waals surface area contributed by atoms with Crippen LogP contribution in [0.15, 0.2) is 55.5 Å². The van der Waals surface area contributed by atoms with Crippen molar-refractivity contribution in [3.05, 3.63) is 83.4 Å². The molecule has 0 unspecified atom stereocenters. The average molecular weight is 449 g/mol. The first kappa shape index (κ1) is 19.1. The monoisotopic (exact) mass is 447 g/mol. The summed E-state index contributed by atoms with van der Waals surface area (Å²) in [4.78, 5) is 30.9. The highest BCUT2D eigenvalue weighted by Crippen LogP contribution is 2.28. The molecule has 8 heteroatoms. The molecule has 27 heavy (non-hydrogen) atoms. The fourth-order valence-corrected chi connectivity index (χ4v) is 3.21. The Hall–Kier alpha value is -2.64. The molecule has 1 aromatic heterocycles. The first-order valence-corrected chi connectivity index (χ1v) is 9.11. The Morgan fingerprint density at radius 1 is 1.15 bits per heavy atom. The van der Waals surface area contributed by atoms with Gasteiger partial charge in [0.25, 0.3) is 5.56 Å². The summed E-state index contributed by atoms with van der Waals surface area (Å²) >= 11 is 9.57. The first-order chi connectivity index (χ1) is 12.8. The van der Waals surface area contributed by atoms with Gasteiger partial charge in [0.15, 0.2) is 0 Å². The highest BCUT2D eigenvalue weighted by molar-refractivity contribution is 9.10. The van der Waals surface area contributed by atoms with Crippen LogP contribution in [-0.2, 0) is 0 Å². The molecule has 138 valence electrons. The van der Waals surface area contributed by atoms with Gasteiger partial charge in [0, 0.05) is 10.7 Å². The van der Waals surface area contributed by atoms with Crippen LogP contribution in [0.5, 0.6) is 5.88 Å². The largest absolute Gasteiger partial charge is 0.493 e.